The number of hydrogen-bond acceptors (Lipinski definition) is 1. The maximum atomic E-state index is 4.51. The number of fused-ring (bicyclic) bond motifs is 1. The second-order valence-corrected chi connectivity index (χ2v) is 5.31. The van der Waals surface area contributed by atoms with Gasteiger partial charge in [0.05, 0.1) is 0 Å². The smallest absolute Gasteiger partial charge is 1.00 e. The molecule has 1 nitrogen and oxygen atoms in total. The summed E-state index contributed by atoms with van der Waals surface area (Å²) in [5, 5.41) is 0. The molecule has 21 heavy (non-hydrogen) atoms. The normalized spacial score (nSPS) is 15.2. The molecule has 109 valence electrons. The molecule has 1 aromatic carbocycles. The van der Waals surface area contributed by atoms with Gasteiger partial charge >= 0.3 is 17.4 Å². The van der Waals surface area contributed by atoms with Crippen molar-refractivity contribution in [1.29, 1.82) is 0 Å². The summed E-state index contributed by atoms with van der Waals surface area (Å²) in [7, 11) is 0. The number of benzene rings is 1. The molecule has 1 radical (unpaired) electrons. The average molecular weight is 357 g/mol. The molecule has 1 aliphatic carbocycles. The van der Waals surface area contributed by atoms with E-state index in [-0.39, 0.29) is 53.5 Å². The summed E-state index contributed by atoms with van der Waals surface area (Å²) in [4.78, 5) is 4.51. The number of nitrogens with zero attached hydrogens (tertiary/aromatic N) is 1. The van der Waals surface area contributed by atoms with E-state index in [9.17, 15) is 0 Å². The zero-order valence-corrected chi connectivity index (χ0v) is 14.7. The minimum atomic E-state index is -0.0373. The maximum Gasteiger partial charge on any atom is 3.00 e. The number of pyridine rings is 1. The SMILES string of the molecule is CC(C)(c1ccccn1)C1[C-]=Cc2ccccc21.[Cl-].[Cl-].[Cr+3]. The van der Waals surface area contributed by atoms with Crippen LogP contribution in [0.2, 0.25) is 0 Å². The Kier molecular flexibility index (Phi) is 7.72. The van der Waals surface area contributed by atoms with Crippen LogP contribution in [0.4, 0.5) is 0 Å². The van der Waals surface area contributed by atoms with Gasteiger partial charge in [-0.1, -0.05) is 44.0 Å². The summed E-state index contributed by atoms with van der Waals surface area (Å²) in [6, 6.07) is 14.6. The molecule has 1 aliphatic rings. The van der Waals surface area contributed by atoms with E-state index in [2.05, 4.69) is 67.4 Å². The third kappa shape index (κ3) is 3.71. The summed E-state index contributed by atoms with van der Waals surface area (Å²) in [5.74, 6) is 0.281. The molecule has 0 fully saturated rings. The summed E-state index contributed by atoms with van der Waals surface area (Å²) in [6.07, 6.45) is 7.46. The minimum Gasteiger partial charge on any atom is -1.00 e. The number of hydrogen-bond donors (Lipinski definition) is 0. The van der Waals surface area contributed by atoms with E-state index < -0.39 is 0 Å². The van der Waals surface area contributed by atoms with Gasteiger partial charge in [-0.2, -0.15) is 5.56 Å². The Morgan fingerprint density at radius 1 is 1.00 bits per heavy atom. The predicted molar refractivity (Wildman–Crippen MR) is 74.2 cm³/mol. The molecular weight excluding hydrogens is 341 g/mol. The molecule has 4 heteroatoms. The van der Waals surface area contributed by atoms with Gasteiger partial charge in [0.25, 0.3) is 0 Å². The summed E-state index contributed by atoms with van der Waals surface area (Å²) >= 11 is 0. The van der Waals surface area contributed by atoms with Crippen LogP contribution in [0, 0.1) is 6.08 Å². The Morgan fingerprint density at radius 2 is 1.67 bits per heavy atom. The van der Waals surface area contributed by atoms with E-state index in [1.807, 2.05) is 12.3 Å². The van der Waals surface area contributed by atoms with Crippen LogP contribution in [0.15, 0.2) is 48.7 Å². The molecular formula is C17H16Cl2CrN. The Labute approximate surface area is 149 Å². The van der Waals surface area contributed by atoms with Crippen molar-refractivity contribution in [2.75, 3.05) is 0 Å². The van der Waals surface area contributed by atoms with Crippen LogP contribution in [-0.4, -0.2) is 4.98 Å². The fraction of sp³-hybridized carbons (Fsp3) is 0.235. The fourth-order valence-corrected chi connectivity index (χ4v) is 2.66. The topological polar surface area (TPSA) is 12.9 Å². The van der Waals surface area contributed by atoms with Gasteiger partial charge in [-0.05, 0) is 17.5 Å². The summed E-state index contributed by atoms with van der Waals surface area (Å²) in [6.45, 7) is 4.48. The van der Waals surface area contributed by atoms with Gasteiger partial charge in [-0.25, -0.2) is 6.08 Å². The number of aromatic nitrogens is 1. The molecule has 1 atom stereocenters. The fourth-order valence-electron chi connectivity index (χ4n) is 2.66. The van der Waals surface area contributed by atoms with Crippen LogP contribution >= 0.6 is 0 Å². The molecule has 1 unspecified atom stereocenters. The van der Waals surface area contributed by atoms with Crippen LogP contribution in [0.25, 0.3) is 6.08 Å². The van der Waals surface area contributed by atoms with Gasteiger partial charge in [0, 0.05) is 11.9 Å². The number of rotatable bonds is 2. The summed E-state index contributed by atoms with van der Waals surface area (Å²) in [5.41, 5.74) is 3.72. The first-order valence-corrected chi connectivity index (χ1v) is 6.29. The van der Waals surface area contributed by atoms with Gasteiger partial charge in [-0.3, -0.25) is 11.1 Å². The van der Waals surface area contributed by atoms with E-state index in [0.29, 0.717) is 0 Å². The third-order valence-electron chi connectivity index (χ3n) is 3.76. The van der Waals surface area contributed by atoms with Crippen molar-refractivity contribution >= 4 is 6.08 Å². The first-order chi connectivity index (χ1) is 8.69. The third-order valence-corrected chi connectivity index (χ3v) is 3.76. The van der Waals surface area contributed by atoms with Crippen molar-refractivity contribution in [3.8, 4) is 0 Å². The summed E-state index contributed by atoms with van der Waals surface area (Å²) < 4.78 is 0. The molecule has 0 saturated heterocycles. The zero-order valence-electron chi connectivity index (χ0n) is 11.9. The largest absolute Gasteiger partial charge is 3.00 e. The average Bonchev–Trinajstić information content (AvgIpc) is 2.84. The number of allylic oxidation sites excluding steroid dienone is 1. The second kappa shape index (κ2) is 8.01. The van der Waals surface area contributed by atoms with Gasteiger partial charge in [0.15, 0.2) is 0 Å². The van der Waals surface area contributed by atoms with E-state index in [1.165, 1.54) is 11.1 Å². The minimum absolute atomic E-state index is 0. The van der Waals surface area contributed by atoms with Crippen LogP contribution in [0.5, 0.6) is 0 Å². The van der Waals surface area contributed by atoms with Gasteiger partial charge in [0.1, 0.15) is 0 Å². The van der Waals surface area contributed by atoms with E-state index >= 15 is 0 Å². The Bertz CT molecular complexity index is 597. The van der Waals surface area contributed by atoms with Gasteiger partial charge < -0.3 is 24.8 Å². The monoisotopic (exact) mass is 356 g/mol. The maximum absolute atomic E-state index is 4.51. The molecule has 0 aliphatic heterocycles. The van der Waals surface area contributed by atoms with Crippen molar-refractivity contribution < 1.29 is 42.2 Å². The Balaban J connectivity index is 0.00000133. The van der Waals surface area contributed by atoms with Crippen molar-refractivity contribution in [2.45, 2.75) is 25.2 Å². The van der Waals surface area contributed by atoms with Crippen LogP contribution in [0.1, 0.15) is 36.6 Å². The van der Waals surface area contributed by atoms with Gasteiger partial charge in [-0.15, -0.1) is 11.6 Å². The molecule has 1 heterocycles. The first kappa shape index (κ1) is 20.2. The van der Waals surface area contributed by atoms with E-state index in [1.54, 1.807) is 0 Å². The standard InChI is InChI=1S/C17H16N.2ClH.Cr/c1-17(2,16-9-5-6-12-18-16)15-11-10-13-7-3-4-8-14(13)15;;;/h3-10,12,15H,1-2H3;2*1H;/q-1;;;+3/p-2. The Hall–Kier alpha value is -0.778. The van der Waals surface area contributed by atoms with E-state index in [4.69, 9.17) is 0 Å². The molecule has 3 rings (SSSR count). The van der Waals surface area contributed by atoms with Crippen molar-refractivity contribution in [1.82, 2.24) is 4.98 Å². The molecule has 1 aromatic heterocycles. The zero-order chi connectivity index (χ0) is 12.6. The second-order valence-electron chi connectivity index (χ2n) is 5.31. The van der Waals surface area contributed by atoms with Crippen molar-refractivity contribution in [3.05, 3.63) is 71.6 Å². The molecule has 0 saturated carbocycles. The van der Waals surface area contributed by atoms with Crippen LogP contribution in [0.3, 0.4) is 0 Å². The molecule has 0 amide bonds. The van der Waals surface area contributed by atoms with Crippen molar-refractivity contribution in [3.63, 3.8) is 0 Å². The quantitative estimate of drug-likeness (QED) is 0.566. The van der Waals surface area contributed by atoms with Crippen LogP contribution < -0.4 is 24.8 Å². The van der Waals surface area contributed by atoms with E-state index in [0.717, 1.165) is 5.69 Å². The molecule has 2 aromatic rings. The number of halogens is 2. The Morgan fingerprint density at radius 3 is 2.33 bits per heavy atom. The molecule has 0 spiro atoms. The van der Waals surface area contributed by atoms with Gasteiger partial charge in [0.2, 0.25) is 0 Å². The molecule has 0 bridgehead atoms. The van der Waals surface area contributed by atoms with Crippen molar-refractivity contribution in [2.24, 2.45) is 0 Å². The van der Waals surface area contributed by atoms with Crippen LogP contribution in [-0.2, 0) is 22.8 Å². The molecule has 0 N–H and O–H groups in total. The predicted octanol–water partition coefficient (Wildman–Crippen LogP) is -2.02. The first-order valence-electron chi connectivity index (χ1n) is 6.29.